The third-order valence-electron chi connectivity index (χ3n) is 4.58. The molecule has 1 aromatic carbocycles. The van der Waals surface area contributed by atoms with Gasteiger partial charge in [-0.15, -0.1) is 0 Å². The minimum atomic E-state index is -0.282. The summed E-state index contributed by atoms with van der Waals surface area (Å²) < 4.78 is 20.5. The molecule has 6 nitrogen and oxygen atoms in total. The number of hydrogen-bond acceptors (Lipinski definition) is 4. The molecule has 0 bridgehead atoms. The zero-order chi connectivity index (χ0) is 18.1. The van der Waals surface area contributed by atoms with Gasteiger partial charge in [-0.3, -0.25) is 4.79 Å². The normalized spacial score (nSPS) is 15.4. The van der Waals surface area contributed by atoms with Gasteiger partial charge in [-0.2, -0.15) is 5.10 Å². The molecular weight excluding hydrogens is 335 g/mol. The highest BCUT2D eigenvalue weighted by Gasteiger charge is 2.27. The van der Waals surface area contributed by atoms with Gasteiger partial charge >= 0.3 is 0 Å². The van der Waals surface area contributed by atoms with Gasteiger partial charge in [-0.1, -0.05) is 0 Å². The molecule has 1 amide bonds. The highest BCUT2D eigenvalue weighted by atomic mass is 19.1. The van der Waals surface area contributed by atoms with Crippen LogP contribution >= 0.6 is 0 Å². The van der Waals surface area contributed by atoms with Crippen LogP contribution in [-0.4, -0.2) is 44.6 Å². The van der Waals surface area contributed by atoms with Crippen molar-refractivity contribution in [1.82, 2.24) is 19.5 Å². The number of piperidine rings is 1. The van der Waals surface area contributed by atoms with Gasteiger partial charge in [-0.05, 0) is 37.3 Å². The first-order valence-electron chi connectivity index (χ1n) is 8.62. The number of amides is 1. The summed E-state index contributed by atoms with van der Waals surface area (Å²) in [4.78, 5) is 19.1. The fraction of sp³-hybridized carbons (Fsp3) is 0.316. The Morgan fingerprint density at radius 2 is 1.92 bits per heavy atom. The SMILES string of the molecule is Cc1ccn2ncc(C(=O)N3CCC(Oc4ccc(F)cc4)CC3)c2n1. The van der Waals surface area contributed by atoms with Crippen LogP contribution in [0.5, 0.6) is 5.75 Å². The fourth-order valence-corrected chi connectivity index (χ4v) is 3.16. The summed E-state index contributed by atoms with van der Waals surface area (Å²) in [7, 11) is 0. The number of carbonyl (C=O) groups excluding carboxylic acids is 1. The Morgan fingerprint density at radius 3 is 2.65 bits per heavy atom. The Bertz CT molecular complexity index is 930. The number of rotatable bonds is 3. The van der Waals surface area contributed by atoms with Gasteiger partial charge in [0.1, 0.15) is 23.2 Å². The summed E-state index contributed by atoms with van der Waals surface area (Å²) in [5.41, 5.74) is 1.95. The van der Waals surface area contributed by atoms with Crippen molar-refractivity contribution >= 4 is 11.6 Å². The van der Waals surface area contributed by atoms with Crippen molar-refractivity contribution in [3.8, 4) is 5.75 Å². The molecule has 0 unspecified atom stereocenters. The highest BCUT2D eigenvalue weighted by molar-refractivity contribution is 5.99. The third-order valence-corrected chi connectivity index (χ3v) is 4.58. The Hall–Kier alpha value is -2.96. The van der Waals surface area contributed by atoms with Crippen molar-refractivity contribution in [2.24, 2.45) is 0 Å². The number of fused-ring (bicyclic) bond motifs is 1. The number of likely N-dealkylation sites (tertiary alicyclic amines) is 1. The molecule has 1 aliphatic heterocycles. The lowest BCUT2D eigenvalue weighted by molar-refractivity contribution is 0.0597. The number of aromatic nitrogens is 3. The number of hydrogen-bond donors (Lipinski definition) is 0. The molecule has 26 heavy (non-hydrogen) atoms. The first-order valence-corrected chi connectivity index (χ1v) is 8.62. The number of carbonyl (C=O) groups is 1. The Kier molecular flexibility index (Phi) is 4.28. The second-order valence-corrected chi connectivity index (χ2v) is 6.46. The molecule has 134 valence electrons. The maximum Gasteiger partial charge on any atom is 0.259 e. The Balaban J connectivity index is 1.41. The number of benzene rings is 1. The molecule has 1 saturated heterocycles. The summed E-state index contributed by atoms with van der Waals surface area (Å²) in [6.07, 6.45) is 4.86. The van der Waals surface area contributed by atoms with E-state index in [4.69, 9.17) is 4.74 Å². The third kappa shape index (κ3) is 3.24. The molecule has 0 spiro atoms. The predicted molar refractivity (Wildman–Crippen MR) is 93.7 cm³/mol. The molecule has 0 N–H and O–H groups in total. The second kappa shape index (κ2) is 6.74. The number of halogens is 1. The average Bonchev–Trinajstić information content (AvgIpc) is 3.06. The first-order chi connectivity index (χ1) is 12.6. The minimum absolute atomic E-state index is 0.0220. The van der Waals surface area contributed by atoms with E-state index < -0.39 is 0 Å². The lowest BCUT2D eigenvalue weighted by Gasteiger charge is -2.32. The zero-order valence-corrected chi connectivity index (χ0v) is 14.4. The molecule has 7 heteroatoms. The van der Waals surface area contributed by atoms with E-state index in [-0.39, 0.29) is 17.8 Å². The van der Waals surface area contributed by atoms with Crippen LogP contribution in [0.3, 0.4) is 0 Å². The van der Waals surface area contributed by atoms with Crippen molar-refractivity contribution in [2.75, 3.05) is 13.1 Å². The largest absolute Gasteiger partial charge is 0.490 e. The maximum atomic E-state index is 13.0. The Labute approximate surface area is 150 Å². The van der Waals surface area contributed by atoms with Gasteiger partial charge < -0.3 is 9.64 Å². The van der Waals surface area contributed by atoms with E-state index in [1.54, 1.807) is 29.0 Å². The van der Waals surface area contributed by atoms with Crippen molar-refractivity contribution < 1.29 is 13.9 Å². The van der Waals surface area contributed by atoms with Crippen molar-refractivity contribution in [3.05, 3.63) is 59.8 Å². The maximum absolute atomic E-state index is 13.0. The summed E-state index contributed by atoms with van der Waals surface area (Å²) in [5.74, 6) is 0.312. The van der Waals surface area contributed by atoms with E-state index in [0.29, 0.717) is 30.0 Å². The molecule has 0 atom stereocenters. The van der Waals surface area contributed by atoms with E-state index in [0.717, 1.165) is 18.5 Å². The van der Waals surface area contributed by atoms with Crippen molar-refractivity contribution in [1.29, 1.82) is 0 Å². The van der Waals surface area contributed by atoms with Gasteiger partial charge in [0.2, 0.25) is 0 Å². The van der Waals surface area contributed by atoms with Gasteiger partial charge in [0.25, 0.3) is 5.91 Å². The molecule has 1 fully saturated rings. The highest BCUT2D eigenvalue weighted by Crippen LogP contribution is 2.21. The first kappa shape index (κ1) is 16.5. The van der Waals surface area contributed by atoms with E-state index in [1.165, 1.54) is 12.1 Å². The predicted octanol–water partition coefficient (Wildman–Crippen LogP) is 2.86. The van der Waals surface area contributed by atoms with E-state index in [9.17, 15) is 9.18 Å². The number of aryl methyl sites for hydroxylation is 1. The van der Waals surface area contributed by atoms with Crippen LogP contribution in [0.15, 0.2) is 42.7 Å². The summed E-state index contributed by atoms with van der Waals surface area (Å²) in [6, 6.07) is 7.87. The van der Waals surface area contributed by atoms with Gasteiger partial charge in [0.15, 0.2) is 5.65 Å². The molecule has 0 aliphatic carbocycles. The number of ether oxygens (including phenoxy) is 1. The molecule has 0 radical (unpaired) electrons. The molecular formula is C19H19FN4O2. The topological polar surface area (TPSA) is 59.7 Å². The van der Waals surface area contributed by atoms with Gasteiger partial charge in [0.05, 0.1) is 6.20 Å². The van der Waals surface area contributed by atoms with Gasteiger partial charge in [-0.25, -0.2) is 13.9 Å². The zero-order valence-electron chi connectivity index (χ0n) is 14.4. The second-order valence-electron chi connectivity index (χ2n) is 6.46. The summed E-state index contributed by atoms with van der Waals surface area (Å²) in [5, 5.41) is 4.20. The standard InChI is InChI=1S/C19H19FN4O2/c1-13-6-11-24-18(22-13)17(12-21-24)19(25)23-9-7-16(8-10-23)26-15-4-2-14(20)3-5-15/h2-6,11-12,16H,7-10H2,1H3. The minimum Gasteiger partial charge on any atom is -0.490 e. The van der Waals surface area contributed by atoms with Crippen LogP contribution in [-0.2, 0) is 0 Å². The quantitative estimate of drug-likeness (QED) is 0.726. The van der Waals surface area contributed by atoms with Crippen LogP contribution in [0.25, 0.3) is 5.65 Å². The smallest absolute Gasteiger partial charge is 0.259 e. The van der Waals surface area contributed by atoms with Crippen LogP contribution in [0.2, 0.25) is 0 Å². The average molecular weight is 354 g/mol. The fourth-order valence-electron chi connectivity index (χ4n) is 3.16. The molecule has 4 rings (SSSR count). The molecule has 0 saturated carbocycles. The summed E-state index contributed by atoms with van der Waals surface area (Å²) >= 11 is 0. The van der Waals surface area contributed by atoms with Crippen LogP contribution < -0.4 is 4.74 Å². The lowest BCUT2D eigenvalue weighted by atomic mass is 10.1. The van der Waals surface area contributed by atoms with E-state index >= 15 is 0 Å². The Morgan fingerprint density at radius 1 is 1.19 bits per heavy atom. The molecule has 3 heterocycles. The monoisotopic (exact) mass is 354 g/mol. The van der Waals surface area contributed by atoms with Gasteiger partial charge in [0, 0.05) is 37.8 Å². The molecule has 2 aromatic heterocycles. The van der Waals surface area contributed by atoms with E-state index in [1.807, 2.05) is 17.9 Å². The number of nitrogens with zero attached hydrogens (tertiary/aromatic N) is 4. The van der Waals surface area contributed by atoms with Crippen LogP contribution in [0.1, 0.15) is 28.9 Å². The van der Waals surface area contributed by atoms with Crippen LogP contribution in [0.4, 0.5) is 4.39 Å². The van der Waals surface area contributed by atoms with Crippen molar-refractivity contribution in [3.63, 3.8) is 0 Å². The lowest BCUT2D eigenvalue weighted by Crippen LogP contribution is -2.41. The molecule has 3 aromatic rings. The van der Waals surface area contributed by atoms with E-state index in [2.05, 4.69) is 10.1 Å². The van der Waals surface area contributed by atoms with Crippen molar-refractivity contribution in [2.45, 2.75) is 25.9 Å². The van der Waals surface area contributed by atoms with Crippen LogP contribution in [0, 0.1) is 12.7 Å². The summed E-state index contributed by atoms with van der Waals surface area (Å²) in [6.45, 7) is 3.10. The molecule has 1 aliphatic rings.